The van der Waals surface area contributed by atoms with Crippen LogP contribution in [0.25, 0.3) is 0 Å². The number of carbonyl (C=O) groups excluding carboxylic acids is 2. The molecule has 0 bridgehead atoms. The van der Waals surface area contributed by atoms with E-state index in [4.69, 9.17) is 17.0 Å². The monoisotopic (exact) mass is 388 g/mol. The highest BCUT2D eigenvalue weighted by Crippen LogP contribution is 2.37. The molecular formula is C19H20N2O3S2. The highest BCUT2D eigenvalue weighted by molar-refractivity contribution is 7.80. The summed E-state index contributed by atoms with van der Waals surface area (Å²) >= 11 is 6.79. The van der Waals surface area contributed by atoms with Crippen LogP contribution in [0, 0.1) is 0 Å². The molecule has 1 amide bonds. The van der Waals surface area contributed by atoms with Crippen LogP contribution < -0.4 is 10.6 Å². The van der Waals surface area contributed by atoms with Crippen molar-refractivity contribution in [1.82, 2.24) is 5.32 Å². The molecule has 3 rings (SSSR count). The first-order valence-electron chi connectivity index (χ1n) is 8.50. The Kier molecular flexibility index (Phi) is 6.00. The number of amides is 1. The summed E-state index contributed by atoms with van der Waals surface area (Å²) in [7, 11) is 1.38. The molecule has 7 heteroatoms. The number of thiophene rings is 1. The van der Waals surface area contributed by atoms with Crippen LogP contribution in [0.1, 0.15) is 50.4 Å². The highest BCUT2D eigenvalue weighted by Gasteiger charge is 2.26. The molecule has 1 aliphatic rings. The van der Waals surface area contributed by atoms with E-state index in [0.717, 1.165) is 37.7 Å². The Morgan fingerprint density at radius 2 is 1.85 bits per heavy atom. The highest BCUT2D eigenvalue weighted by atomic mass is 32.1. The van der Waals surface area contributed by atoms with E-state index in [1.807, 2.05) is 6.07 Å². The number of anilines is 1. The van der Waals surface area contributed by atoms with Crippen LogP contribution in [0.5, 0.6) is 0 Å². The Balaban J connectivity index is 1.79. The van der Waals surface area contributed by atoms with E-state index in [9.17, 15) is 9.59 Å². The van der Waals surface area contributed by atoms with Gasteiger partial charge in [-0.25, -0.2) is 4.79 Å². The van der Waals surface area contributed by atoms with Gasteiger partial charge < -0.3 is 10.1 Å². The van der Waals surface area contributed by atoms with E-state index in [-0.39, 0.29) is 17.0 Å². The van der Waals surface area contributed by atoms with Gasteiger partial charge in [0.1, 0.15) is 5.00 Å². The molecule has 1 aromatic heterocycles. The number of nitrogens with one attached hydrogen (secondary N) is 2. The van der Waals surface area contributed by atoms with Gasteiger partial charge in [-0.2, -0.15) is 0 Å². The summed E-state index contributed by atoms with van der Waals surface area (Å²) in [4.78, 5) is 25.7. The van der Waals surface area contributed by atoms with Crippen molar-refractivity contribution in [1.29, 1.82) is 0 Å². The maximum absolute atomic E-state index is 12.3. The van der Waals surface area contributed by atoms with Crippen molar-refractivity contribution >= 4 is 45.5 Å². The van der Waals surface area contributed by atoms with Gasteiger partial charge in [-0.1, -0.05) is 24.6 Å². The van der Waals surface area contributed by atoms with Gasteiger partial charge in [0.05, 0.1) is 12.7 Å². The Bertz CT molecular complexity index is 831. The standard InChI is InChI=1S/C19H20N2O3S2/c1-24-18(23)15-13-10-6-3-7-11-14(13)26-17(15)21-19(25)20-16(22)12-8-4-2-5-9-12/h2,4-5,8-9H,3,6-7,10-11H2,1H3,(H2,20,21,22,25). The van der Waals surface area contributed by atoms with Gasteiger partial charge in [0.2, 0.25) is 0 Å². The molecule has 0 radical (unpaired) electrons. The molecule has 2 aromatic rings. The number of ether oxygens (including phenoxy) is 1. The molecular weight excluding hydrogens is 368 g/mol. The van der Waals surface area contributed by atoms with Gasteiger partial charge in [0.25, 0.3) is 5.91 Å². The normalized spacial score (nSPS) is 13.3. The quantitative estimate of drug-likeness (QED) is 0.474. The van der Waals surface area contributed by atoms with Gasteiger partial charge in [-0.15, -0.1) is 11.3 Å². The number of esters is 1. The predicted molar refractivity (Wildman–Crippen MR) is 107 cm³/mol. The van der Waals surface area contributed by atoms with E-state index >= 15 is 0 Å². The van der Waals surface area contributed by atoms with E-state index in [0.29, 0.717) is 16.1 Å². The molecule has 2 N–H and O–H groups in total. The zero-order valence-electron chi connectivity index (χ0n) is 14.5. The molecule has 0 atom stereocenters. The van der Waals surface area contributed by atoms with Gasteiger partial charge in [-0.3, -0.25) is 10.1 Å². The lowest BCUT2D eigenvalue weighted by molar-refractivity contribution is 0.0601. The fourth-order valence-corrected chi connectivity index (χ4v) is 4.59. The molecule has 0 aliphatic heterocycles. The minimum Gasteiger partial charge on any atom is -0.465 e. The SMILES string of the molecule is COC(=O)c1c(NC(=S)NC(=O)c2ccccc2)sc2c1CCCCC2. The number of thiocarbonyl (C=S) groups is 1. The number of benzene rings is 1. The van der Waals surface area contributed by atoms with Crippen molar-refractivity contribution in [2.24, 2.45) is 0 Å². The van der Waals surface area contributed by atoms with E-state index in [1.165, 1.54) is 23.3 Å². The molecule has 0 spiro atoms. The van der Waals surface area contributed by atoms with E-state index in [1.54, 1.807) is 24.3 Å². The second kappa shape index (κ2) is 8.42. The molecule has 0 saturated heterocycles. The lowest BCUT2D eigenvalue weighted by Gasteiger charge is -2.10. The van der Waals surface area contributed by atoms with E-state index < -0.39 is 0 Å². The third kappa shape index (κ3) is 4.11. The summed E-state index contributed by atoms with van der Waals surface area (Å²) in [6.45, 7) is 0. The Morgan fingerprint density at radius 3 is 2.58 bits per heavy atom. The summed E-state index contributed by atoms with van der Waals surface area (Å²) in [5.74, 6) is -0.662. The molecule has 0 unspecified atom stereocenters. The molecule has 1 aromatic carbocycles. The Labute approximate surface area is 161 Å². The number of aryl methyl sites for hydroxylation is 1. The topological polar surface area (TPSA) is 67.4 Å². The first-order chi connectivity index (χ1) is 12.6. The predicted octanol–water partition coefficient (Wildman–Crippen LogP) is 3.93. The number of hydrogen-bond acceptors (Lipinski definition) is 5. The van der Waals surface area contributed by atoms with Crippen LogP contribution in [-0.2, 0) is 17.6 Å². The van der Waals surface area contributed by atoms with E-state index in [2.05, 4.69) is 10.6 Å². The number of hydrogen-bond donors (Lipinski definition) is 2. The average Bonchev–Trinajstić information content (AvgIpc) is 2.82. The van der Waals surface area contributed by atoms with Gasteiger partial charge in [0, 0.05) is 10.4 Å². The van der Waals surface area contributed by atoms with Crippen molar-refractivity contribution in [3.8, 4) is 0 Å². The first-order valence-corrected chi connectivity index (χ1v) is 9.73. The first kappa shape index (κ1) is 18.5. The average molecular weight is 389 g/mol. The maximum Gasteiger partial charge on any atom is 0.341 e. The fraction of sp³-hybridized carbons (Fsp3) is 0.316. The largest absolute Gasteiger partial charge is 0.465 e. The minimum absolute atomic E-state index is 0.167. The van der Waals surface area contributed by atoms with Crippen LogP contribution in [0.2, 0.25) is 0 Å². The number of fused-ring (bicyclic) bond motifs is 1. The molecule has 1 aliphatic carbocycles. The summed E-state index contributed by atoms with van der Waals surface area (Å²) in [5, 5.41) is 6.49. The second-order valence-corrected chi connectivity index (χ2v) is 7.55. The minimum atomic E-state index is -0.371. The summed E-state index contributed by atoms with van der Waals surface area (Å²) in [6, 6.07) is 8.85. The smallest absolute Gasteiger partial charge is 0.341 e. The number of carbonyl (C=O) groups is 2. The summed E-state index contributed by atoms with van der Waals surface area (Å²) < 4.78 is 4.97. The zero-order valence-corrected chi connectivity index (χ0v) is 16.1. The third-order valence-corrected chi connectivity index (χ3v) is 5.71. The molecule has 1 heterocycles. The van der Waals surface area contributed by atoms with Crippen molar-refractivity contribution in [2.75, 3.05) is 12.4 Å². The second-order valence-electron chi connectivity index (χ2n) is 6.03. The van der Waals surface area contributed by atoms with Gasteiger partial charge in [0.15, 0.2) is 5.11 Å². The van der Waals surface area contributed by atoms with Crippen molar-refractivity contribution < 1.29 is 14.3 Å². The van der Waals surface area contributed by atoms with Crippen molar-refractivity contribution in [3.63, 3.8) is 0 Å². The van der Waals surface area contributed by atoms with Crippen LogP contribution in [0.15, 0.2) is 30.3 Å². The Hall–Kier alpha value is -2.25. The summed E-state index contributed by atoms with van der Waals surface area (Å²) in [6.07, 6.45) is 5.15. The molecule has 0 saturated carbocycles. The lowest BCUT2D eigenvalue weighted by Crippen LogP contribution is -2.34. The van der Waals surface area contributed by atoms with Gasteiger partial charge >= 0.3 is 5.97 Å². The van der Waals surface area contributed by atoms with Crippen molar-refractivity contribution in [3.05, 3.63) is 51.9 Å². The van der Waals surface area contributed by atoms with Crippen molar-refractivity contribution in [2.45, 2.75) is 32.1 Å². The van der Waals surface area contributed by atoms with Crippen LogP contribution >= 0.6 is 23.6 Å². The van der Waals surface area contributed by atoms with Crippen LogP contribution in [-0.4, -0.2) is 24.1 Å². The molecule has 136 valence electrons. The number of rotatable bonds is 3. The maximum atomic E-state index is 12.3. The zero-order chi connectivity index (χ0) is 18.5. The van der Waals surface area contributed by atoms with Gasteiger partial charge in [-0.05, 0) is 55.6 Å². The molecule has 26 heavy (non-hydrogen) atoms. The van der Waals surface area contributed by atoms with Crippen LogP contribution in [0.3, 0.4) is 0 Å². The lowest BCUT2D eigenvalue weighted by atomic mass is 10.1. The number of methoxy groups -OCH3 is 1. The Morgan fingerprint density at radius 1 is 1.12 bits per heavy atom. The third-order valence-electron chi connectivity index (χ3n) is 4.30. The summed E-state index contributed by atoms with van der Waals surface area (Å²) in [5.41, 5.74) is 2.12. The molecule has 0 fully saturated rings. The van der Waals surface area contributed by atoms with Crippen LogP contribution in [0.4, 0.5) is 5.00 Å². The molecule has 5 nitrogen and oxygen atoms in total. The fourth-order valence-electron chi connectivity index (χ4n) is 3.05.